The molecule has 170 valence electrons. The molecular weight excluding hydrogens is 448 g/mol. The lowest BCUT2D eigenvalue weighted by atomic mass is 10.0. The molecular formula is C24H21F2N3O3S. The summed E-state index contributed by atoms with van der Waals surface area (Å²) in [6.07, 6.45) is 0.601. The fourth-order valence-electron chi connectivity index (χ4n) is 4.21. The molecule has 0 aliphatic carbocycles. The van der Waals surface area contributed by atoms with E-state index in [4.69, 9.17) is 4.74 Å². The molecule has 1 fully saturated rings. The number of thiophene rings is 1. The SMILES string of the molecule is Cc1ccn2c(CC3CN(C(=O)O)CCO3)c(-c3c(F)cc(-c4cccs4)cc3F)nc2c1. The second-order valence-electron chi connectivity index (χ2n) is 8.06. The van der Waals surface area contributed by atoms with Crippen LogP contribution in [-0.2, 0) is 11.2 Å². The molecule has 6 nitrogen and oxygen atoms in total. The van der Waals surface area contributed by atoms with Gasteiger partial charge in [0.25, 0.3) is 0 Å². The number of benzene rings is 1. The van der Waals surface area contributed by atoms with E-state index in [2.05, 4.69) is 4.98 Å². The van der Waals surface area contributed by atoms with Crippen LogP contribution in [-0.4, -0.2) is 51.3 Å². The standard InChI is InChI=1S/C24H21F2N3O3S/c1-14-4-5-29-19(12-16-13-28(24(30)31)6-7-32-16)23(27-21(29)9-14)22-17(25)10-15(11-18(22)26)20-3-2-8-33-20/h2-5,8-11,16H,6-7,12-13H2,1H3,(H,30,31). The van der Waals surface area contributed by atoms with Gasteiger partial charge in [-0.1, -0.05) is 6.07 Å². The molecule has 0 spiro atoms. The molecule has 4 heterocycles. The molecule has 9 heteroatoms. The first-order valence-electron chi connectivity index (χ1n) is 10.5. The molecule has 3 aromatic heterocycles. The van der Waals surface area contributed by atoms with Gasteiger partial charge in [-0.25, -0.2) is 18.6 Å². The van der Waals surface area contributed by atoms with Gasteiger partial charge < -0.3 is 19.1 Å². The highest BCUT2D eigenvalue weighted by atomic mass is 32.1. The number of carbonyl (C=O) groups is 1. The number of pyridine rings is 1. The van der Waals surface area contributed by atoms with E-state index >= 15 is 8.78 Å². The second-order valence-corrected chi connectivity index (χ2v) is 9.00. The van der Waals surface area contributed by atoms with Crippen LogP contribution in [0.15, 0.2) is 48.0 Å². The Morgan fingerprint density at radius 1 is 1.27 bits per heavy atom. The normalized spacial score (nSPS) is 16.5. The predicted octanol–water partition coefficient (Wildman–Crippen LogP) is 5.24. The van der Waals surface area contributed by atoms with Crippen molar-refractivity contribution in [3.63, 3.8) is 0 Å². The highest BCUT2D eigenvalue weighted by Crippen LogP contribution is 2.35. The predicted molar refractivity (Wildman–Crippen MR) is 122 cm³/mol. The zero-order chi connectivity index (χ0) is 23.1. The van der Waals surface area contributed by atoms with Gasteiger partial charge in [0.2, 0.25) is 0 Å². The topological polar surface area (TPSA) is 67.1 Å². The van der Waals surface area contributed by atoms with Crippen LogP contribution in [0.25, 0.3) is 27.3 Å². The Bertz CT molecular complexity index is 1310. The van der Waals surface area contributed by atoms with Gasteiger partial charge in [0.1, 0.15) is 17.3 Å². The van der Waals surface area contributed by atoms with Crippen LogP contribution in [0.2, 0.25) is 0 Å². The molecule has 1 saturated heterocycles. The first kappa shape index (κ1) is 21.5. The molecule has 1 amide bonds. The van der Waals surface area contributed by atoms with Crippen LogP contribution >= 0.6 is 11.3 Å². The van der Waals surface area contributed by atoms with Crippen molar-refractivity contribution in [3.05, 3.63) is 70.9 Å². The highest BCUT2D eigenvalue weighted by molar-refractivity contribution is 7.13. The number of imidazole rings is 1. The average molecular weight is 470 g/mol. The van der Waals surface area contributed by atoms with Crippen LogP contribution in [0, 0.1) is 18.6 Å². The van der Waals surface area contributed by atoms with E-state index in [1.54, 1.807) is 4.40 Å². The number of hydrogen-bond donors (Lipinski definition) is 1. The largest absolute Gasteiger partial charge is 0.465 e. The summed E-state index contributed by atoms with van der Waals surface area (Å²) in [4.78, 5) is 18.1. The molecule has 0 bridgehead atoms. The maximum atomic E-state index is 15.3. The molecule has 33 heavy (non-hydrogen) atoms. The van der Waals surface area contributed by atoms with Gasteiger partial charge in [-0.15, -0.1) is 11.3 Å². The minimum Gasteiger partial charge on any atom is -0.465 e. The van der Waals surface area contributed by atoms with Gasteiger partial charge in [-0.3, -0.25) is 0 Å². The Hall–Kier alpha value is -3.30. The lowest BCUT2D eigenvalue weighted by Crippen LogP contribution is -2.45. The number of carboxylic acid groups (broad SMARTS) is 1. The molecule has 1 unspecified atom stereocenters. The fraction of sp³-hybridized carbons (Fsp3) is 0.250. The average Bonchev–Trinajstić information content (AvgIpc) is 3.42. The Labute approximate surface area is 192 Å². The van der Waals surface area contributed by atoms with Gasteiger partial charge in [0.05, 0.1) is 36.2 Å². The molecule has 1 aliphatic rings. The van der Waals surface area contributed by atoms with Crippen LogP contribution in [0.1, 0.15) is 11.3 Å². The van der Waals surface area contributed by atoms with E-state index in [0.717, 1.165) is 10.4 Å². The Morgan fingerprint density at radius 2 is 2.06 bits per heavy atom. The zero-order valence-electron chi connectivity index (χ0n) is 17.8. The summed E-state index contributed by atoms with van der Waals surface area (Å²) in [5, 5.41) is 11.2. The summed E-state index contributed by atoms with van der Waals surface area (Å²) in [5.74, 6) is -1.40. The molecule has 5 rings (SSSR count). The van der Waals surface area contributed by atoms with Crippen molar-refractivity contribution in [1.82, 2.24) is 14.3 Å². The zero-order valence-corrected chi connectivity index (χ0v) is 18.6. The summed E-state index contributed by atoms with van der Waals surface area (Å²) in [7, 11) is 0. The number of fused-ring (bicyclic) bond motifs is 1. The van der Waals surface area contributed by atoms with Crippen molar-refractivity contribution in [2.45, 2.75) is 19.4 Å². The number of ether oxygens (including phenoxy) is 1. The van der Waals surface area contributed by atoms with Crippen LogP contribution in [0.4, 0.5) is 13.6 Å². The van der Waals surface area contributed by atoms with Crippen LogP contribution in [0.5, 0.6) is 0 Å². The third-order valence-electron chi connectivity index (χ3n) is 5.80. The molecule has 4 aromatic rings. The van der Waals surface area contributed by atoms with E-state index in [0.29, 0.717) is 23.4 Å². The number of morpholine rings is 1. The minimum atomic E-state index is -1.02. The van der Waals surface area contributed by atoms with Gasteiger partial charge in [-0.2, -0.15) is 0 Å². The third-order valence-corrected chi connectivity index (χ3v) is 6.71. The number of nitrogens with zero attached hydrogens (tertiary/aromatic N) is 3. The maximum Gasteiger partial charge on any atom is 0.407 e. The summed E-state index contributed by atoms with van der Waals surface area (Å²) >= 11 is 1.41. The molecule has 0 radical (unpaired) electrons. The first-order valence-corrected chi connectivity index (χ1v) is 11.4. The summed E-state index contributed by atoms with van der Waals surface area (Å²) < 4.78 is 38.2. The number of aryl methyl sites for hydroxylation is 1. The summed E-state index contributed by atoms with van der Waals surface area (Å²) in [5.41, 5.74) is 2.57. The van der Waals surface area contributed by atoms with Gasteiger partial charge in [0.15, 0.2) is 0 Å². The van der Waals surface area contributed by atoms with Crippen molar-refractivity contribution in [3.8, 4) is 21.7 Å². The van der Waals surface area contributed by atoms with E-state index in [1.165, 1.54) is 28.4 Å². The highest BCUT2D eigenvalue weighted by Gasteiger charge is 2.28. The number of amides is 1. The molecule has 0 saturated carbocycles. The quantitative estimate of drug-likeness (QED) is 0.444. The number of aromatic nitrogens is 2. The summed E-state index contributed by atoms with van der Waals surface area (Å²) in [6.45, 7) is 2.65. The number of rotatable bonds is 4. The Morgan fingerprint density at radius 3 is 2.76 bits per heavy atom. The Kier molecular flexibility index (Phi) is 5.59. The van der Waals surface area contributed by atoms with Crippen LogP contribution in [0.3, 0.4) is 0 Å². The lowest BCUT2D eigenvalue weighted by Gasteiger charge is -2.31. The molecule has 1 aliphatic heterocycles. The lowest BCUT2D eigenvalue weighted by molar-refractivity contribution is -0.0214. The van der Waals surface area contributed by atoms with Crippen molar-refractivity contribution < 1.29 is 23.4 Å². The van der Waals surface area contributed by atoms with Gasteiger partial charge in [0, 0.05) is 24.0 Å². The number of halogens is 2. The number of hydrogen-bond acceptors (Lipinski definition) is 4. The van der Waals surface area contributed by atoms with Crippen LogP contribution < -0.4 is 0 Å². The first-order chi connectivity index (χ1) is 15.9. The molecule has 1 atom stereocenters. The van der Waals surface area contributed by atoms with E-state index in [1.807, 2.05) is 42.8 Å². The molecule has 1 aromatic carbocycles. The molecule has 1 N–H and O–H groups in total. The van der Waals surface area contributed by atoms with E-state index in [9.17, 15) is 9.90 Å². The van der Waals surface area contributed by atoms with Crippen molar-refractivity contribution in [2.24, 2.45) is 0 Å². The monoisotopic (exact) mass is 469 g/mol. The second kappa shape index (κ2) is 8.57. The summed E-state index contributed by atoms with van der Waals surface area (Å²) in [6, 6.07) is 10.0. The van der Waals surface area contributed by atoms with Gasteiger partial charge >= 0.3 is 6.09 Å². The fourth-order valence-corrected chi connectivity index (χ4v) is 4.92. The van der Waals surface area contributed by atoms with Gasteiger partial charge in [-0.05, 0) is 53.8 Å². The third kappa shape index (κ3) is 4.09. The maximum absolute atomic E-state index is 15.3. The smallest absolute Gasteiger partial charge is 0.407 e. The Balaban J connectivity index is 1.61. The van der Waals surface area contributed by atoms with E-state index in [-0.39, 0.29) is 30.8 Å². The van der Waals surface area contributed by atoms with Crippen molar-refractivity contribution in [2.75, 3.05) is 19.7 Å². The van der Waals surface area contributed by atoms with Crippen molar-refractivity contribution in [1.29, 1.82) is 0 Å². The van der Waals surface area contributed by atoms with Crippen molar-refractivity contribution >= 4 is 23.1 Å². The minimum absolute atomic E-state index is 0.177. The van der Waals surface area contributed by atoms with E-state index < -0.39 is 23.8 Å².